The number of nitrogens with zero attached hydrogens (tertiary/aromatic N) is 5. The standard InChI is InChI=1S/C25H21FN8O2/c26-19-9-15(13-4-5-13)8-14-6-7-34(23(36)21(14)19)20-3-1-2-17(18(20)12-35)22-31-24(27)33-25(32-22)30-16-10-28-29-11-16/h1-3,6-11,13,35H,4-5,12H2,(H,28,29)(H3,27,30,31,32,33). The number of nitrogen functional groups attached to an aromatic ring is 1. The third-order valence-electron chi connectivity index (χ3n) is 6.24. The Balaban J connectivity index is 1.47. The number of fused-ring (bicyclic) bond motifs is 1. The number of benzene rings is 2. The highest BCUT2D eigenvalue weighted by Crippen LogP contribution is 2.41. The van der Waals surface area contributed by atoms with Crippen molar-refractivity contribution in [1.29, 1.82) is 0 Å². The lowest BCUT2D eigenvalue weighted by atomic mass is 10.0. The summed E-state index contributed by atoms with van der Waals surface area (Å²) in [6, 6.07) is 10.1. The molecule has 10 nitrogen and oxygen atoms in total. The number of halogens is 1. The number of H-pyrrole nitrogens is 1. The van der Waals surface area contributed by atoms with E-state index in [4.69, 9.17) is 5.73 Å². The fourth-order valence-electron chi connectivity index (χ4n) is 4.38. The van der Waals surface area contributed by atoms with Gasteiger partial charge in [0, 0.05) is 23.5 Å². The first-order chi connectivity index (χ1) is 17.5. The third-order valence-corrected chi connectivity index (χ3v) is 6.24. The average Bonchev–Trinajstić information content (AvgIpc) is 3.60. The van der Waals surface area contributed by atoms with Gasteiger partial charge in [0.1, 0.15) is 5.82 Å². The summed E-state index contributed by atoms with van der Waals surface area (Å²) < 4.78 is 16.4. The molecular weight excluding hydrogens is 463 g/mol. The molecule has 0 bridgehead atoms. The number of anilines is 3. The van der Waals surface area contributed by atoms with Gasteiger partial charge in [0.25, 0.3) is 5.56 Å². The van der Waals surface area contributed by atoms with Crippen LogP contribution in [0.4, 0.5) is 22.0 Å². The monoisotopic (exact) mass is 484 g/mol. The fraction of sp³-hybridized carbons (Fsp3) is 0.160. The summed E-state index contributed by atoms with van der Waals surface area (Å²) in [5.41, 5.74) is 8.17. The molecule has 5 aromatic rings. The number of aromatic amines is 1. The highest BCUT2D eigenvalue weighted by molar-refractivity contribution is 5.83. The van der Waals surface area contributed by atoms with Crippen LogP contribution in [0.2, 0.25) is 0 Å². The molecule has 0 unspecified atom stereocenters. The van der Waals surface area contributed by atoms with E-state index in [9.17, 15) is 9.90 Å². The minimum atomic E-state index is -0.546. The second-order valence-electron chi connectivity index (χ2n) is 8.65. The van der Waals surface area contributed by atoms with Crippen molar-refractivity contribution in [3.8, 4) is 17.1 Å². The lowest BCUT2D eigenvalue weighted by Gasteiger charge is -2.16. The maximum absolute atomic E-state index is 15.0. The molecule has 1 fully saturated rings. The van der Waals surface area contributed by atoms with Gasteiger partial charge in [0.15, 0.2) is 5.82 Å². The van der Waals surface area contributed by atoms with Crippen LogP contribution in [0.3, 0.4) is 0 Å². The average molecular weight is 484 g/mol. The molecule has 0 saturated heterocycles. The topological polar surface area (TPSA) is 148 Å². The number of aromatic nitrogens is 6. The zero-order valence-electron chi connectivity index (χ0n) is 18.9. The molecule has 3 aromatic heterocycles. The van der Waals surface area contributed by atoms with Crippen LogP contribution in [-0.2, 0) is 6.61 Å². The molecular formula is C25H21FN8O2. The van der Waals surface area contributed by atoms with E-state index in [1.54, 1.807) is 42.9 Å². The second kappa shape index (κ2) is 8.54. The van der Waals surface area contributed by atoms with E-state index >= 15 is 4.39 Å². The Bertz CT molecular complexity index is 1660. The van der Waals surface area contributed by atoms with E-state index in [-0.39, 0.29) is 23.1 Å². The highest BCUT2D eigenvalue weighted by atomic mass is 19.1. The SMILES string of the molecule is Nc1nc(Nc2cn[nH]c2)nc(-c2cccc(-n3ccc4cc(C5CC5)cc(F)c4c3=O)c2CO)n1. The summed E-state index contributed by atoms with van der Waals surface area (Å²) in [6.45, 7) is -0.421. The van der Waals surface area contributed by atoms with Crippen molar-refractivity contribution < 1.29 is 9.50 Å². The normalized spacial score (nSPS) is 13.3. The van der Waals surface area contributed by atoms with Crippen LogP contribution in [0.15, 0.2) is 59.8 Å². The van der Waals surface area contributed by atoms with Crippen LogP contribution in [0.5, 0.6) is 0 Å². The molecule has 0 atom stereocenters. The van der Waals surface area contributed by atoms with E-state index in [2.05, 4.69) is 30.5 Å². The van der Waals surface area contributed by atoms with Gasteiger partial charge in [-0.1, -0.05) is 18.2 Å². The molecule has 1 aliphatic rings. The van der Waals surface area contributed by atoms with Crippen molar-refractivity contribution >= 4 is 28.4 Å². The first-order valence-corrected chi connectivity index (χ1v) is 11.4. The number of hydrogen-bond donors (Lipinski definition) is 4. The third kappa shape index (κ3) is 3.85. The molecule has 1 saturated carbocycles. The van der Waals surface area contributed by atoms with Gasteiger partial charge in [-0.15, -0.1) is 0 Å². The fourth-order valence-corrected chi connectivity index (χ4v) is 4.38. The van der Waals surface area contributed by atoms with Gasteiger partial charge in [-0.05, 0) is 47.9 Å². The molecule has 0 radical (unpaired) electrons. The van der Waals surface area contributed by atoms with Crippen molar-refractivity contribution in [1.82, 2.24) is 29.7 Å². The number of hydrogen-bond acceptors (Lipinski definition) is 8. The maximum Gasteiger partial charge on any atom is 0.265 e. The molecule has 36 heavy (non-hydrogen) atoms. The lowest BCUT2D eigenvalue weighted by Crippen LogP contribution is -2.20. The number of aliphatic hydroxyl groups excluding tert-OH is 1. The van der Waals surface area contributed by atoms with E-state index in [0.29, 0.717) is 33.8 Å². The summed E-state index contributed by atoms with van der Waals surface area (Å²) >= 11 is 0. The molecule has 2 aromatic carbocycles. The molecule has 0 amide bonds. The van der Waals surface area contributed by atoms with Crippen LogP contribution in [0, 0.1) is 5.82 Å². The number of rotatable bonds is 6. The summed E-state index contributed by atoms with van der Waals surface area (Å²) in [5.74, 6) is 0.176. The summed E-state index contributed by atoms with van der Waals surface area (Å²) in [5, 5.41) is 20.4. The number of pyridine rings is 1. The highest BCUT2D eigenvalue weighted by Gasteiger charge is 2.25. The first-order valence-electron chi connectivity index (χ1n) is 11.4. The predicted octanol–water partition coefficient (Wildman–Crippen LogP) is 3.40. The predicted molar refractivity (Wildman–Crippen MR) is 133 cm³/mol. The van der Waals surface area contributed by atoms with Crippen molar-refractivity contribution in [2.24, 2.45) is 0 Å². The number of aliphatic hydroxyl groups is 1. The molecule has 11 heteroatoms. The Kier molecular flexibility index (Phi) is 5.19. The minimum Gasteiger partial charge on any atom is -0.392 e. The summed E-state index contributed by atoms with van der Waals surface area (Å²) in [7, 11) is 0. The Labute approximate surface area is 203 Å². The molecule has 1 aliphatic carbocycles. The maximum atomic E-state index is 15.0. The lowest BCUT2D eigenvalue weighted by molar-refractivity contribution is 0.282. The Morgan fingerprint density at radius 2 is 2.06 bits per heavy atom. The van der Waals surface area contributed by atoms with Crippen molar-refractivity contribution in [2.75, 3.05) is 11.1 Å². The smallest absolute Gasteiger partial charge is 0.265 e. The van der Waals surface area contributed by atoms with E-state index in [1.165, 1.54) is 10.6 Å². The quantitative estimate of drug-likeness (QED) is 0.287. The zero-order chi connectivity index (χ0) is 24.8. The van der Waals surface area contributed by atoms with E-state index in [0.717, 1.165) is 18.4 Å². The van der Waals surface area contributed by atoms with Crippen LogP contribution in [0.1, 0.15) is 29.9 Å². The Hall–Kier alpha value is -4.64. The largest absolute Gasteiger partial charge is 0.392 e. The van der Waals surface area contributed by atoms with Gasteiger partial charge in [-0.2, -0.15) is 20.1 Å². The minimum absolute atomic E-state index is 0.00666. The molecule has 0 spiro atoms. The Morgan fingerprint density at radius 3 is 2.81 bits per heavy atom. The van der Waals surface area contributed by atoms with Gasteiger partial charge in [-0.3, -0.25) is 14.5 Å². The molecule has 5 N–H and O–H groups in total. The second-order valence-corrected chi connectivity index (χ2v) is 8.65. The van der Waals surface area contributed by atoms with Crippen molar-refractivity contribution in [3.63, 3.8) is 0 Å². The van der Waals surface area contributed by atoms with Crippen LogP contribution < -0.4 is 16.6 Å². The van der Waals surface area contributed by atoms with Gasteiger partial charge >= 0.3 is 0 Å². The zero-order valence-corrected chi connectivity index (χ0v) is 18.9. The van der Waals surface area contributed by atoms with Crippen molar-refractivity contribution in [3.05, 3.63) is 82.3 Å². The van der Waals surface area contributed by atoms with Gasteiger partial charge in [-0.25, -0.2) is 4.39 Å². The molecule has 6 rings (SSSR count). The first kappa shape index (κ1) is 21.9. The van der Waals surface area contributed by atoms with Crippen LogP contribution in [-0.4, -0.2) is 34.8 Å². The van der Waals surface area contributed by atoms with Gasteiger partial charge < -0.3 is 16.2 Å². The molecule has 0 aliphatic heterocycles. The van der Waals surface area contributed by atoms with E-state index in [1.807, 2.05) is 6.07 Å². The number of nitrogens with two attached hydrogens (primary N) is 1. The number of nitrogens with one attached hydrogen (secondary N) is 2. The summed E-state index contributed by atoms with van der Waals surface area (Å²) in [4.78, 5) is 26.2. The summed E-state index contributed by atoms with van der Waals surface area (Å²) in [6.07, 6.45) is 6.84. The molecule has 180 valence electrons. The van der Waals surface area contributed by atoms with E-state index < -0.39 is 18.0 Å². The van der Waals surface area contributed by atoms with Gasteiger partial charge in [0.05, 0.1) is 29.6 Å². The Morgan fingerprint density at radius 1 is 1.19 bits per heavy atom. The van der Waals surface area contributed by atoms with Crippen LogP contribution in [0.25, 0.3) is 27.8 Å². The molecule has 3 heterocycles. The van der Waals surface area contributed by atoms with Crippen molar-refractivity contribution in [2.45, 2.75) is 25.4 Å². The van der Waals surface area contributed by atoms with Crippen LogP contribution >= 0.6 is 0 Å². The van der Waals surface area contributed by atoms with Gasteiger partial charge in [0.2, 0.25) is 11.9 Å².